The van der Waals surface area contributed by atoms with E-state index in [0.29, 0.717) is 35.6 Å². The molecule has 0 bridgehead atoms. The molecule has 1 fully saturated rings. The largest absolute Gasteiger partial charge is 0.416 e. The van der Waals surface area contributed by atoms with Crippen LogP contribution in [0, 0.1) is 0 Å². The van der Waals surface area contributed by atoms with Crippen molar-refractivity contribution in [1.82, 2.24) is 9.88 Å². The molecule has 2 N–H and O–H groups in total. The van der Waals surface area contributed by atoms with Crippen LogP contribution < -0.4 is 5.73 Å². The minimum atomic E-state index is -4.40. The van der Waals surface area contributed by atoms with E-state index in [1.54, 1.807) is 47.4 Å². The van der Waals surface area contributed by atoms with Gasteiger partial charge in [0, 0.05) is 41.5 Å². The summed E-state index contributed by atoms with van der Waals surface area (Å²) in [5.41, 5.74) is 7.87. The first-order valence-corrected chi connectivity index (χ1v) is 10.1. The molecule has 0 radical (unpaired) electrons. The second kappa shape index (κ2) is 8.41. The SMILES string of the molecule is Nc1cccc(C(=O)N2CCC[C@@H](c3cccc(-c4cccc(C(F)(F)F)c4)n3)C2)c1. The van der Waals surface area contributed by atoms with Crippen molar-refractivity contribution in [1.29, 1.82) is 0 Å². The zero-order valence-corrected chi connectivity index (χ0v) is 16.8. The fourth-order valence-electron chi connectivity index (χ4n) is 3.95. The van der Waals surface area contributed by atoms with Crippen molar-refractivity contribution in [3.05, 3.63) is 83.6 Å². The molecule has 3 aromatic rings. The van der Waals surface area contributed by atoms with E-state index in [1.807, 2.05) is 6.07 Å². The number of anilines is 1. The number of carbonyl (C=O) groups is 1. The van der Waals surface area contributed by atoms with Crippen LogP contribution in [0.5, 0.6) is 0 Å². The third kappa shape index (κ3) is 4.71. The monoisotopic (exact) mass is 425 g/mol. The van der Waals surface area contributed by atoms with Crippen molar-refractivity contribution >= 4 is 11.6 Å². The number of hydrogen-bond acceptors (Lipinski definition) is 3. The fraction of sp³-hybridized carbons (Fsp3) is 0.250. The van der Waals surface area contributed by atoms with Crippen LogP contribution in [0.4, 0.5) is 18.9 Å². The first-order valence-electron chi connectivity index (χ1n) is 10.1. The topological polar surface area (TPSA) is 59.2 Å². The van der Waals surface area contributed by atoms with Gasteiger partial charge in [-0.3, -0.25) is 9.78 Å². The Morgan fingerprint density at radius 3 is 2.58 bits per heavy atom. The highest BCUT2D eigenvalue weighted by Gasteiger charge is 2.31. The third-order valence-corrected chi connectivity index (χ3v) is 5.52. The molecule has 1 aliphatic rings. The molecule has 0 aliphatic carbocycles. The summed E-state index contributed by atoms with van der Waals surface area (Å²) in [6.45, 7) is 1.16. The van der Waals surface area contributed by atoms with Gasteiger partial charge >= 0.3 is 6.18 Å². The molecule has 2 aromatic carbocycles. The lowest BCUT2D eigenvalue weighted by Gasteiger charge is -2.32. The predicted octanol–water partition coefficient (Wildman–Crippen LogP) is 5.37. The van der Waals surface area contributed by atoms with Gasteiger partial charge in [0.1, 0.15) is 0 Å². The minimum Gasteiger partial charge on any atom is -0.399 e. The quantitative estimate of drug-likeness (QED) is 0.574. The third-order valence-electron chi connectivity index (χ3n) is 5.52. The lowest BCUT2D eigenvalue weighted by molar-refractivity contribution is -0.137. The highest BCUT2D eigenvalue weighted by molar-refractivity contribution is 5.95. The lowest BCUT2D eigenvalue weighted by atomic mass is 9.93. The van der Waals surface area contributed by atoms with E-state index in [0.717, 1.165) is 30.7 Å². The van der Waals surface area contributed by atoms with Gasteiger partial charge < -0.3 is 10.6 Å². The number of amides is 1. The second-order valence-electron chi connectivity index (χ2n) is 7.74. The van der Waals surface area contributed by atoms with Gasteiger partial charge in [0.15, 0.2) is 0 Å². The smallest absolute Gasteiger partial charge is 0.399 e. The molecule has 160 valence electrons. The molecule has 4 rings (SSSR count). The fourth-order valence-corrected chi connectivity index (χ4v) is 3.95. The van der Waals surface area contributed by atoms with E-state index in [9.17, 15) is 18.0 Å². The van der Waals surface area contributed by atoms with Crippen molar-refractivity contribution in [3.8, 4) is 11.3 Å². The van der Waals surface area contributed by atoms with E-state index in [2.05, 4.69) is 4.98 Å². The Hall–Kier alpha value is -3.35. The van der Waals surface area contributed by atoms with Gasteiger partial charge in [-0.1, -0.05) is 24.3 Å². The highest BCUT2D eigenvalue weighted by Crippen LogP contribution is 2.33. The number of benzene rings is 2. The number of nitrogens with two attached hydrogens (primary N) is 1. The van der Waals surface area contributed by atoms with Gasteiger partial charge in [-0.25, -0.2) is 0 Å². The number of nitrogens with zero attached hydrogens (tertiary/aromatic N) is 2. The Bertz CT molecular complexity index is 1100. The van der Waals surface area contributed by atoms with Crippen molar-refractivity contribution in [2.24, 2.45) is 0 Å². The molecule has 0 unspecified atom stereocenters. The molecule has 1 saturated heterocycles. The number of likely N-dealkylation sites (tertiary alicyclic amines) is 1. The average Bonchev–Trinajstić information content (AvgIpc) is 2.78. The number of alkyl halides is 3. The van der Waals surface area contributed by atoms with Gasteiger partial charge in [0.2, 0.25) is 0 Å². The van der Waals surface area contributed by atoms with E-state index in [-0.39, 0.29) is 11.8 Å². The Balaban J connectivity index is 1.56. The van der Waals surface area contributed by atoms with Crippen LogP contribution in [0.2, 0.25) is 0 Å². The number of pyridine rings is 1. The molecule has 31 heavy (non-hydrogen) atoms. The number of hydrogen-bond donors (Lipinski definition) is 1. The number of nitrogen functional groups attached to an aromatic ring is 1. The molecule has 7 heteroatoms. The zero-order chi connectivity index (χ0) is 22.0. The first kappa shape index (κ1) is 20.9. The van der Waals surface area contributed by atoms with Crippen molar-refractivity contribution in [2.75, 3.05) is 18.8 Å². The molecule has 0 spiro atoms. The summed E-state index contributed by atoms with van der Waals surface area (Å²) < 4.78 is 39.2. The van der Waals surface area contributed by atoms with Gasteiger partial charge in [-0.2, -0.15) is 13.2 Å². The molecule has 2 heterocycles. The molecule has 1 aromatic heterocycles. The van der Waals surface area contributed by atoms with Crippen LogP contribution in [0.1, 0.15) is 40.4 Å². The molecule has 1 amide bonds. The van der Waals surface area contributed by atoms with Crippen LogP contribution in [0.3, 0.4) is 0 Å². The van der Waals surface area contributed by atoms with Crippen LogP contribution in [-0.2, 0) is 6.18 Å². The summed E-state index contributed by atoms with van der Waals surface area (Å²) in [6, 6.07) is 17.5. The summed E-state index contributed by atoms with van der Waals surface area (Å²) in [6.07, 6.45) is -2.72. The summed E-state index contributed by atoms with van der Waals surface area (Å²) in [4.78, 5) is 19.3. The molecule has 4 nitrogen and oxygen atoms in total. The van der Waals surface area contributed by atoms with Crippen LogP contribution >= 0.6 is 0 Å². The molecule has 1 atom stereocenters. The van der Waals surface area contributed by atoms with Crippen molar-refractivity contribution < 1.29 is 18.0 Å². The predicted molar refractivity (Wildman–Crippen MR) is 113 cm³/mol. The molecule has 1 aliphatic heterocycles. The van der Waals surface area contributed by atoms with Crippen molar-refractivity contribution in [3.63, 3.8) is 0 Å². The maximum Gasteiger partial charge on any atom is 0.416 e. The zero-order valence-electron chi connectivity index (χ0n) is 16.8. The summed E-state index contributed by atoms with van der Waals surface area (Å²) >= 11 is 0. The van der Waals surface area contributed by atoms with Crippen molar-refractivity contribution in [2.45, 2.75) is 24.9 Å². The van der Waals surface area contributed by atoms with Gasteiger partial charge in [-0.15, -0.1) is 0 Å². The molecular weight excluding hydrogens is 403 g/mol. The number of carbonyl (C=O) groups excluding carboxylic acids is 1. The average molecular weight is 425 g/mol. The summed E-state index contributed by atoms with van der Waals surface area (Å²) in [5.74, 6) is -0.0597. The lowest BCUT2D eigenvalue weighted by Crippen LogP contribution is -2.39. The number of aromatic nitrogens is 1. The van der Waals surface area contributed by atoms with Crippen LogP contribution in [-0.4, -0.2) is 28.9 Å². The number of halogens is 3. The van der Waals surface area contributed by atoms with Gasteiger partial charge in [0.05, 0.1) is 11.3 Å². The van der Waals surface area contributed by atoms with Gasteiger partial charge in [0.25, 0.3) is 5.91 Å². The van der Waals surface area contributed by atoms with E-state index in [4.69, 9.17) is 5.73 Å². The minimum absolute atomic E-state index is 0.0181. The number of rotatable bonds is 3. The highest BCUT2D eigenvalue weighted by atomic mass is 19.4. The normalized spacial score (nSPS) is 16.9. The van der Waals surface area contributed by atoms with E-state index >= 15 is 0 Å². The summed E-state index contributed by atoms with van der Waals surface area (Å²) in [5, 5.41) is 0. The molecule has 0 saturated carbocycles. The summed E-state index contributed by atoms with van der Waals surface area (Å²) in [7, 11) is 0. The second-order valence-corrected chi connectivity index (χ2v) is 7.74. The van der Waals surface area contributed by atoms with Gasteiger partial charge in [-0.05, 0) is 55.3 Å². The Morgan fingerprint density at radius 1 is 1.03 bits per heavy atom. The van der Waals surface area contributed by atoms with Crippen LogP contribution in [0.15, 0.2) is 66.7 Å². The Kier molecular flexibility index (Phi) is 5.67. The van der Waals surface area contributed by atoms with E-state index in [1.165, 1.54) is 6.07 Å². The van der Waals surface area contributed by atoms with E-state index < -0.39 is 11.7 Å². The standard InChI is InChI=1S/C24H22F3N3O/c25-24(26,27)19-8-1-5-16(13-19)21-10-3-11-22(29-21)18-7-4-12-30(15-18)23(31)17-6-2-9-20(28)14-17/h1-3,5-6,8-11,13-14,18H,4,7,12,15,28H2/t18-/m1/s1. The Labute approximate surface area is 178 Å². The molecular formula is C24H22F3N3O. The maximum absolute atomic E-state index is 13.1. The Morgan fingerprint density at radius 2 is 1.81 bits per heavy atom. The number of piperidine rings is 1. The van der Waals surface area contributed by atoms with Crippen LogP contribution in [0.25, 0.3) is 11.3 Å². The first-order chi connectivity index (χ1) is 14.8. The maximum atomic E-state index is 13.1.